The number of carbonyl (C=O) groups excluding carboxylic acids is 6. The Labute approximate surface area is 677 Å². The van der Waals surface area contributed by atoms with Gasteiger partial charge in [0.2, 0.25) is 35.4 Å². The third kappa shape index (κ3) is 21.7. The molecular formula is C84H103N25O8. The van der Waals surface area contributed by atoms with Gasteiger partial charge < -0.3 is 85.4 Å². The zero-order valence-corrected chi connectivity index (χ0v) is 66.9. The number of primary amides is 1. The molecular weight excluding hydrogens is 1490 g/mol. The summed E-state index contributed by atoms with van der Waals surface area (Å²) in [6.07, 6.45) is 7.29. The fraction of sp³-hybridized carbons (Fsp3) is 0.405. The van der Waals surface area contributed by atoms with Crippen LogP contribution in [0.4, 0.5) is 11.4 Å². The van der Waals surface area contributed by atoms with Gasteiger partial charge in [-0.2, -0.15) is 0 Å². The van der Waals surface area contributed by atoms with Crippen LogP contribution in [0.5, 0.6) is 11.5 Å². The number of aromatic nitrogens is 14. The summed E-state index contributed by atoms with van der Waals surface area (Å²) in [7, 11) is 4.32. The van der Waals surface area contributed by atoms with Crippen molar-refractivity contribution in [3.63, 3.8) is 0 Å². The number of rotatable bonds is 40. The zero-order chi connectivity index (χ0) is 81.2. The lowest BCUT2D eigenvalue weighted by molar-refractivity contribution is -0.145. The fourth-order valence-electron chi connectivity index (χ4n) is 14.5. The molecule has 8 heterocycles. The Hall–Kier alpha value is -12.6. The van der Waals surface area contributed by atoms with E-state index in [1.54, 1.807) is 21.8 Å². The molecule has 0 bridgehead atoms. The quantitative estimate of drug-likeness (QED) is 0.0174. The number of aromatic amines is 4. The first-order chi connectivity index (χ1) is 57.0. The van der Waals surface area contributed by atoms with Gasteiger partial charge in [-0.3, -0.25) is 38.1 Å². The highest BCUT2D eigenvalue weighted by Crippen LogP contribution is 2.33. The van der Waals surface area contributed by atoms with Crippen LogP contribution in [0.3, 0.4) is 0 Å². The van der Waals surface area contributed by atoms with Gasteiger partial charge in [0.25, 0.3) is 0 Å². The van der Waals surface area contributed by atoms with Crippen LogP contribution >= 0.6 is 0 Å². The van der Waals surface area contributed by atoms with Crippen molar-refractivity contribution >= 4 is 91.0 Å². The number of nitrogens with two attached hydrogens (primary N) is 1. The van der Waals surface area contributed by atoms with Crippen molar-refractivity contribution < 1.29 is 38.2 Å². The van der Waals surface area contributed by atoms with Crippen molar-refractivity contribution in [1.82, 2.24) is 110 Å². The van der Waals surface area contributed by atoms with Crippen molar-refractivity contribution in [1.29, 1.82) is 0 Å². The summed E-state index contributed by atoms with van der Waals surface area (Å²) in [5.41, 5.74) is 20.0. The van der Waals surface area contributed by atoms with Crippen molar-refractivity contribution in [2.75, 3.05) is 142 Å². The van der Waals surface area contributed by atoms with E-state index >= 15 is 0 Å². The maximum Gasteiger partial charge on any atom is 0.243 e. The van der Waals surface area contributed by atoms with Gasteiger partial charge in [0.05, 0.1) is 102 Å². The molecule has 14 rings (SSSR count). The van der Waals surface area contributed by atoms with E-state index in [-0.39, 0.29) is 63.4 Å². The molecule has 12 aromatic rings. The molecule has 0 radical (unpaired) electrons. The lowest BCUT2D eigenvalue weighted by atomic mass is 10.2. The number of carbonyl (C=O) groups is 6. The molecule has 0 atom stereocenters. The zero-order valence-electron chi connectivity index (χ0n) is 66.9. The summed E-state index contributed by atoms with van der Waals surface area (Å²) in [4.78, 5) is 127. The predicted octanol–water partition coefficient (Wildman–Crippen LogP) is 7.36. The number of benzene rings is 6. The Morgan fingerprint density at radius 2 is 0.889 bits per heavy atom. The highest BCUT2D eigenvalue weighted by Gasteiger charge is 2.27. The number of H-pyrrole nitrogens is 4. The van der Waals surface area contributed by atoms with E-state index in [9.17, 15) is 28.8 Å². The van der Waals surface area contributed by atoms with Gasteiger partial charge in [-0.1, -0.05) is 48.5 Å². The standard InChI is InChI=1S/C84H103N25O8/c1-5-29-105(78(113)50-86-49-61-52-108(99-97-61)31-11-27-87-76(111)17-9-41-116-65-15-7-13-57(43-65)81-89-67-23-19-59(45-71(67)93-81)83-91-69-25-21-63(47-73(69)95-83)103-37-33-101(3)34-38-103)55-79(114)106(30-6-2)56-80(115)107(54-75(85)110)51-62-53-109(100-98-62)32-12-28-88-77(112)18-10-42-117-66-16-8-14-58(44-66)82-90-68-24-20-60(46-72(68)94-82)84-92-70-26-22-64(48-74(70)96-84)104-39-35-102(4)36-40-104/h7-8,13-16,19-26,43-48,52-53,86H,5-6,9-12,17-18,27-42,49-51,54-56H2,1-4H3,(H2,85,110)(H,87,111)(H,88,112)(H,89,93)(H,90,94)(H,91,95)(H,92,96). The smallest absolute Gasteiger partial charge is 0.243 e. The number of likely N-dealkylation sites (N-methyl/N-ethyl adjacent to an activating group) is 2. The molecule has 33 nitrogen and oxygen atoms in total. The molecule has 612 valence electrons. The van der Waals surface area contributed by atoms with Crippen LogP contribution in [0.25, 0.3) is 89.7 Å². The molecule has 2 fully saturated rings. The molecule has 0 aliphatic carbocycles. The highest BCUT2D eigenvalue weighted by molar-refractivity contribution is 5.92. The molecule has 33 heteroatoms. The van der Waals surface area contributed by atoms with Crippen LogP contribution in [-0.4, -0.2) is 262 Å². The largest absolute Gasteiger partial charge is 0.494 e. The van der Waals surface area contributed by atoms with Crippen LogP contribution in [-0.2, 0) is 54.9 Å². The lowest BCUT2D eigenvalue weighted by Crippen LogP contribution is -2.49. The molecule has 2 aliphatic heterocycles. The van der Waals surface area contributed by atoms with Crippen LogP contribution < -0.4 is 41.0 Å². The van der Waals surface area contributed by atoms with E-state index in [2.05, 4.69) is 139 Å². The topological polar surface area (TPSA) is 382 Å². The van der Waals surface area contributed by atoms with Crippen molar-refractivity contribution in [2.24, 2.45) is 5.73 Å². The number of hydrogen-bond acceptors (Lipinski definition) is 21. The molecule has 0 unspecified atom stereocenters. The molecule has 2 saturated heterocycles. The summed E-state index contributed by atoms with van der Waals surface area (Å²) in [5.74, 6) is 2.14. The monoisotopic (exact) mass is 1590 g/mol. The number of nitrogens with zero attached hydrogens (tertiary/aromatic N) is 17. The van der Waals surface area contributed by atoms with E-state index in [0.29, 0.717) is 120 Å². The number of hydrogen-bond donors (Lipinski definition) is 8. The van der Waals surface area contributed by atoms with Crippen molar-refractivity contribution in [3.05, 3.63) is 145 Å². The van der Waals surface area contributed by atoms with Gasteiger partial charge in [-0.25, -0.2) is 19.9 Å². The number of aryl methyl sites for hydroxylation is 2. The number of nitrogens with one attached hydrogen (secondary N) is 7. The van der Waals surface area contributed by atoms with E-state index in [0.717, 1.165) is 136 Å². The second kappa shape index (κ2) is 38.7. The first kappa shape index (κ1) is 81.0. The second-order valence-corrected chi connectivity index (χ2v) is 30.1. The maximum absolute atomic E-state index is 13.9. The van der Waals surface area contributed by atoms with Gasteiger partial charge in [0.1, 0.15) is 40.5 Å². The molecule has 0 spiro atoms. The summed E-state index contributed by atoms with van der Waals surface area (Å²) >= 11 is 0. The van der Waals surface area contributed by atoms with Crippen molar-refractivity contribution in [2.45, 2.75) is 91.4 Å². The summed E-state index contributed by atoms with van der Waals surface area (Å²) in [5, 5.41) is 26.0. The molecule has 117 heavy (non-hydrogen) atoms. The molecule has 9 N–H and O–H groups in total. The lowest BCUT2D eigenvalue weighted by Gasteiger charge is -2.34. The summed E-state index contributed by atoms with van der Waals surface area (Å²) in [6.45, 7) is 13.9. The van der Waals surface area contributed by atoms with Gasteiger partial charge in [0, 0.05) is 151 Å². The van der Waals surface area contributed by atoms with E-state index in [1.165, 1.54) is 26.1 Å². The normalized spacial score (nSPS) is 13.4. The number of anilines is 2. The van der Waals surface area contributed by atoms with Gasteiger partial charge in [0.15, 0.2) is 0 Å². The minimum atomic E-state index is -0.748. The molecule has 2 aliphatic rings. The van der Waals surface area contributed by atoms with Gasteiger partial charge in [-0.05, 0) is 150 Å². The van der Waals surface area contributed by atoms with Crippen LogP contribution in [0.15, 0.2) is 134 Å². The predicted molar refractivity (Wildman–Crippen MR) is 447 cm³/mol. The molecule has 6 amide bonds. The average Bonchev–Trinajstić information content (AvgIpc) is 1.64. The van der Waals surface area contributed by atoms with E-state index in [4.69, 9.17) is 35.1 Å². The Bertz CT molecular complexity index is 5410. The fourth-order valence-corrected chi connectivity index (χ4v) is 14.5. The summed E-state index contributed by atoms with van der Waals surface area (Å²) in [6, 6.07) is 40.5. The first-order valence-electron chi connectivity index (χ1n) is 40.5. The molecule has 0 saturated carbocycles. The molecule has 6 aromatic heterocycles. The maximum atomic E-state index is 13.9. The Morgan fingerprint density at radius 1 is 0.470 bits per heavy atom. The SMILES string of the molecule is CCCN(CC(=O)N(CCC)CC(=O)N(CC(N)=O)Cc1cn(CCCNC(=O)CCCOc2cccc(-c3nc4ccc(-c5nc6ccc(N7CCN(C)CC7)cc6[nH]5)cc4[nH]3)c2)nn1)C(=O)CNCc1cn(CCCNC(=O)CCCOc2cccc(-c3nc4ccc(-c5nc6ccc(N7CCN(C)CC7)cc6[nH]5)cc4[nH]3)c2)nn1. The summed E-state index contributed by atoms with van der Waals surface area (Å²) < 4.78 is 15.4. The number of ether oxygens (including phenoxy) is 2. The van der Waals surface area contributed by atoms with Crippen LogP contribution in [0, 0.1) is 0 Å². The van der Waals surface area contributed by atoms with Gasteiger partial charge in [-0.15, -0.1) is 10.2 Å². The second-order valence-electron chi connectivity index (χ2n) is 30.1. The highest BCUT2D eigenvalue weighted by atomic mass is 16.5. The number of piperazine rings is 2. The van der Waals surface area contributed by atoms with E-state index in [1.807, 2.05) is 86.6 Å². The average molecular weight is 1590 g/mol. The van der Waals surface area contributed by atoms with E-state index < -0.39 is 24.3 Å². The number of imidazole rings is 4. The minimum absolute atomic E-state index is 0.0802. The first-order valence-corrected chi connectivity index (χ1v) is 40.5. The molecule has 6 aromatic carbocycles. The Balaban J connectivity index is 0.454. The minimum Gasteiger partial charge on any atom is -0.494 e. The van der Waals surface area contributed by atoms with Gasteiger partial charge >= 0.3 is 0 Å². The third-order valence-electron chi connectivity index (χ3n) is 21.0. The number of fused-ring (bicyclic) bond motifs is 4. The Morgan fingerprint density at radius 3 is 1.35 bits per heavy atom. The Kier molecular flexibility index (Phi) is 26.8. The van der Waals surface area contributed by atoms with Crippen LogP contribution in [0.1, 0.15) is 76.6 Å². The third-order valence-corrected chi connectivity index (χ3v) is 21.0. The number of amides is 6. The van der Waals surface area contributed by atoms with Crippen molar-refractivity contribution in [3.8, 4) is 57.1 Å². The van der Waals surface area contributed by atoms with Crippen LogP contribution in [0.2, 0.25) is 0 Å².